The molecule has 9 heteroatoms. The molecule has 140 valence electrons. The van der Waals surface area contributed by atoms with Gasteiger partial charge in [0, 0.05) is 28.8 Å². The molecule has 1 saturated heterocycles. The van der Waals surface area contributed by atoms with Crippen LogP contribution in [0.4, 0.5) is 5.69 Å². The van der Waals surface area contributed by atoms with Crippen molar-refractivity contribution in [1.82, 2.24) is 0 Å². The van der Waals surface area contributed by atoms with Gasteiger partial charge in [-0.15, -0.1) is 0 Å². The molecule has 2 aromatic rings. The fraction of sp³-hybridized carbons (Fsp3) is 0.412. The number of hydrogen-bond acceptors (Lipinski definition) is 9. The second kappa shape index (κ2) is 7.14. The lowest BCUT2D eigenvalue weighted by Gasteiger charge is -2.40. The summed E-state index contributed by atoms with van der Waals surface area (Å²) in [4.78, 5) is 23.3. The molecule has 1 aromatic heterocycles. The van der Waals surface area contributed by atoms with Gasteiger partial charge in [0.25, 0.3) is 0 Å². The van der Waals surface area contributed by atoms with Gasteiger partial charge in [0.15, 0.2) is 12.1 Å². The van der Waals surface area contributed by atoms with Crippen LogP contribution in [0.15, 0.2) is 33.5 Å². The van der Waals surface area contributed by atoms with E-state index in [1.54, 1.807) is 12.1 Å². The summed E-state index contributed by atoms with van der Waals surface area (Å²) >= 11 is 0. The van der Waals surface area contributed by atoms with E-state index in [9.17, 15) is 24.9 Å². The number of ether oxygens (including phenoxy) is 1. The zero-order chi connectivity index (χ0) is 19.0. The third-order valence-corrected chi connectivity index (χ3v) is 4.36. The number of carbonyl (C=O) groups excluding carboxylic acids is 1. The summed E-state index contributed by atoms with van der Waals surface area (Å²) in [6.45, 7) is 0.780. The summed E-state index contributed by atoms with van der Waals surface area (Å²) < 4.78 is 10.2. The van der Waals surface area contributed by atoms with Crippen molar-refractivity contribution in [1.29, 1.82) is 0 Å². The fourth-order valence-electron chi connectivity index (χ4n) is 2.99. The van der Waals surface area contributed by atoms with Crippen molar-refractivity contribution in [3.63, 3.8) is 0 Å². The highest BCUT2D eigenvalue weighted by molar-refractivity contribution is 6.05. The van der Waals surface area contributed by atoms with Gasteiger partial charge < -0.3 is 34.9 Å². The van der Waals surface area contributed by atoms with Crippen molar-refractivity contribution >= 4 is 22.4 Å². The number of benzene rings is 1. The van der Waals surface area contributed by atoms with Crippen molar-refractivity contribution in [2.75, 3.05) is 11.9 Å². The third-order valence-electron chi connectivity index (χ3n) is 4.36. The number of anilines is 1. The average molecular weight is 365 g/mol. The van der Waals surface area contributed by atoms with Gasteiger partial charge in [-0.3, -0.25) is 4.79 Å². The number of hydrogen-bond donors (Lipinski definition) is 5. The number of carbonyl (C=O) groups is 1. The van der Waals surface area contributed by atoms with E-state index in [4.69, 9.17) is 14.3 Å². The van der Waals surface area contributed by atoms with Crippen molar-refractivity contribution in [2.24, 2.45) is 0 Å². The summed E-state index contributed by atoms with van der Waals surface area (Å²) in [5.74, 6) is -0.284. The quantitative estimate of drug-likeness (QED) is 0.347. The highest BCUT2D eigenvalue weighted by atomic mass is 16.6. The number of aliphatic hydroxyl groups excluding tert-OH is 4. The van der Waals surface area contributed by atoms with Gasteiger partial charge in [-0.1, -0.05) is 0 Å². The van der Waals surface area contributed by atoms with Crippen molar-refractivity contribution in [2.45, 2.75) is 37.6 Å². The molecule has 2 heterocycles. The van der Waals surface area contributed by atoms with Crippen LogP contribution < -0.4 is 10.9 Å². The molecule has 2 unspecified atom stereocenters. The summed E-state index contributed by atoms with van der Waals surface area (Å²) in [6.07, 6.45) is -5.41. The number of ketones is 1. The third kappa shape index (κ3) is 3.35. The SMILES string of the molecule is CC(=O)c1cc(=O)oc2cc(NC3[C@@H](O)OC(CO)[C@H](O)[C@H]3O)ccc12. The first kappa shape index (κ1) is 18.5. The summed E-state index contributed by atoms with van der Waals surface area (Å²) in [5, 5.41) is 42.4. The maximum atomic E-state index is 11.7. The average Bonchev–Trinajstić information content (AvgIpc) is 2.60. The van der Waals surface area contributed by atoms with Gasteiger partial charge in [0.05, 0.1) is 6.61 Å². The molecular weight excluding hydrogens is 346 g/mol. The van der Waals surface area contributed by atoms with Crippen LogP contribution >= 0.6 is 0 Å². The Morgan fingerprint density at radius 3 is 2.58 bits per heavy atom. The van der Waals surface area contributed by atoms with E-state index in [0.717, 1.165) is 6.07 Å². The lowest BCUT2D eigenvalue weighted by Crippen LogP contribution is -2.61. The lowest BCUT2D eigenvalue weighted by atomic mass is 9.96. The number of nitrogens with one attached hydrogen (secondary N) is 1. The molecule has 9 nitrogen and oxygen atoms in total. The van der Waals surface area contributed by atoms with E-state index in [1.165, 1.54) is 13.0 Å². The van der Waals surface area contributed by atoms with Crippen LogP contribution in [0.1, 0.15) is 17.3 Å². The predicted molar refractivity (Wildman–Crippen MR) is 89.9 cm³/mol. The Bertz CT molecular complexity index is 879. The molecule has 1 aromatic carbocycles. The number of aliphatic hydroxyl groups is 4. The van der Waals surface area contributed by atoms with E-state index in [2.05, 4.69) is 5.32 Å². The number of fused-ring (bicyclic) bond motifs is 1. The zero-order valence-corrected chi connectivity index (χ0v) is 13.8. The van der Waals surface area contributed by atoms with Gasteiger partial charge in [-0.2, -0.15) is 0 Å². The number of Topliss-reactive ketones (excluding diaryl/α,β-unsaturated/α-hetero) is 1. The highest BCUT2D eigenvalue weighted by Gasteiger charge is 2.43. The molecule has 26 heavy (non-hydrogen) atoms. The molecular formula is C17H19NO8. The summed E-state index contributed by atoms with van der Waals surface area (Å²) in [5.41, 5.74) is 0.0668. The molecule has 5 N–H and O–H groups in total. The van der Waals surface area contributed by atoms with Gasteiger partial charge in [0.2, 0.25) is 0 Å². The second-order valence-corrected chi connectivity index (χ2v) is 6.15. The van der Waals surface area contributed by atoms with Crippen molar-refractivity contribution in [3.8, 4) is 0 Å². The molecule has 0 aliphatic carbocycles. The van der Waals surface area contributed by atoms with Crippen LogP contribution in [0.3, 0.4) is 0 Å². The molecule has 0 radical (unpaired) electrons. The molecule has 5 atom stereocenters. The summed E-state index contributed by atoms with van der Waals surface area (Å²) in [6, 6.07) is 4.59. The topological polar surface area (TPSA) is 149 Å². The Morgan fingerprint density at radius 1 is 1.19 bits per heavy atom. The van der Waals surface area contributed by atoms with Gasteiger partial charge >= 0.3 is 5.63 Å². The van der Waals surface area contributed by atoms with E-state index in [1.807, 2.05) is 0 Å². The van der Waals surface area contributed by atoms with E-state index in [-0.39, 0.29) is 16.9 Å². The van der Waals surface area contributed by atoms with E-state index >= 15 is 0 Å². The Kier molecular flexibility index (Phi) is 5.08. The zero-order valence-electron chi connectivity index (χ0n) is 13.8. The maximum absolute atomic E-state index is 11.7. The second-order valence-electron chi connectivity index (χ2n) is 6.15. The van der Waals surface area contributed by atoms with Crippen LogP contribution in [0.25, 0.3) is 11.0 Å². The normalized spacial score (nSPS) is 28.9. The Labute approximate surface area is 147 Å². The first-order valence-corrected chi connectivity index (χ1v) is 7.97. The van der Waals surface area contributed by atoms with Gasteiger partial charge in [-0.25, -0.2) is 4.79 Å². The molecule has 1 fully saturated rings. The molecule has 0 spiro atoms. The molecule has 3 rings (SSSR count). The maximum Gasteiger partial charge on any atom is 0.336 e. The minimum absolute atomic E-state index is 0.155. The van der Waals surface area contributed by atoms with E-state index < -0.39 is 42.9 Å². The number of rotatable bonds is 4. The Morgan fingerprint density at radius 2 is 1.92 bits per heavy atom. The molecule has 1 aliphatic heterocycles. The predicted octanol–water partition coefficient (Wildman–Crippen LogP) is -0.793. The van der Waals surface area contributed by atoms with Crippen molar-refractivity contribution < 1.29 is 34.4 Å². The van der Waals surface area contributed by atoms with Crippen LogP contribution in [0.2, 0.25) is 0 Å². The Balaban J connectivity index is 1.92. The highest BCUT2D eigenvalue weighted by Crippen LogP contribution is 2.26. The van der Waals surface area contributed by atoms with Gasteiger partial charge in [-0.05, 0) is 19.1 Å². The smallest absolute Gasteiger partial charge is 0.336 e. The van der Waals surface area contributed by atoms with Crippen LogP contribution in [0.5, 0.6) is 0 Å². The first-order chi connectivity index (χ1) is 12.3. The van der Waals surface area contributed by atoms with Crippen LogP contribution in [0, 0.1) is 0 Å². The van der Waals surface area contributed by atoms with Crippen molar-refractivity contribution in [3.05, 3.63) is 40.2 Å². The fourth-order valence-corrected chi connectivity index (χ4v) is 2.99. The van der Waals surface area contributed by atoms with Gasteiger partial charge in [0.1, 0.15) is 29.9 Å². The molecule has 1 aliphatic rings. The Hall–Kier alpha value is -2.30. The standard InChI is InChI=1S/C17H19NO8/c1-7(20)10-5-13(21)25-11-4-8(2-3-9(10)11)18-14-16(23)15(22)12(6-19)26-17(14)24/h2-5,12,14-19,22-24H,6H2,1H3/t12?,14?,15-,16-,17-/m0/s1. The lowest BCUT2D eigenvalue weighted by molar-refractivity contribution is -0.245. The minimum Gasteiger partial charge on any atom is -0.423 e. The van der Waals surface area contributed by atoms with Crippen LogP contribution in [-0.2, 0) is 4.74 Å². The molecule has 0 amide bonds. The summed E-state index contributed by atoms with van der Waals surface area (Å²) in [7, 11) is 0. The monoisotopic (exact) mass is 365 g/mol. The molecule has 0 saturated carbocycles. The van der Waals surface area contributed by atoms with E-state index in [0.29, 0.717) is 11.1 Å². The minimum atomic E-state index is -1.49. The largest absolute Gasteiger partial charge is 0.423 e. The van der Waals surface area contributed by atoms with Crippen LogP contribution in [-0.4, -0.2) is 63.5 Å². The molecule has 0 bridgehead atoms. The first-order valence-electron chi connectivity index (χ1n) is 7.97.